The molecule has 2 N–H and O–H groups in total. The summed E-state index contributed by atoms with van der Waals surface area (Å²) in [5.74, 6) is 0.350. The number of likely N-dealkylation sites (N-methyl/N-ethyl adjacent to an activating group) is 1. The molecule has 7 heteroatoms. The Morgan fingerprint density at radius 3 is 2.48 bits per heavy atom. The molecule has 122 valence electrons. The van der Waals surface area contributed by atoms with Crippen molar-refractivity contribution in [1.29, 1.82) is 0 Å². The van der Waals surface area contributed by atoms with E-state index in [-0.39, 0.29) is 24.9 Å². The third-order valence-corrected chi connectivity index (χ3v) is 3.52. The average Bonchev–Trinajstić information content (AvgIpc) is 3.00. The van der Waals surface area contributed by atoms with E-state index in [0.717, 1.165) is 4.47 Å². The lowest BCUT2D eigenvalue weighted by Crippen LogP contribution is -2.38. The van der Waals surface area contributed by atoms with Crippen molar-refractivity contribution in [3.63, 3.8) is 0 Å². The van der Waals surface area contributed by atoms with E-state index in [1.54, 1.807) is 42.5 Å². The first-order valence-electron chi connectivity index (χ1n) is 7.06. The summed E-state index contributed by atoms with van der Waals surface area (Å²) in [5.41, 5.74) is 0.717. The van der Waals surface area contributed by atoms with Gasteiger partial charge in [0.15, 0.2) is 0 Å². The van der Waals surface area contributed by atoms with Crippen molar-refractivity contribution in [1.82, 2.24) is 10.2 Å². The second-order valence-corrected chi connectivity index (χ2v) is 6.00. The number of carbonyl (C=O) groups is 2. The van der Waals surface area contributed by atoms with Gasteiger partial charge in [0.1, 0.15) is 5.76 Å². The summed E-state index contributed by atoms with van der Waals surface area (Å²) in [6.07, 6.45) is 1.56. The molecule has 0 radical (unpaired) electrons. The fourth-order valence-electron chi connectivity index (χ4n) is 1.93. The summed E-state index contributed by atoms with van der Waals surface area (Å²) in [7, 11) is 1.72. The molecule has 0 saturated carbocycles. The fraction of sp³-hybridized carbons (Fsp3) is 0.250. The zero-order chi connectivity index (χ0) is 16.7. The van der Waals surface area contributed by atoms with Crippen molar-refractivity contribution in [3.05, 3.63) is 52.9 Å². The molecule has 6 nitrogen and oxygen atoms in total. The highest BCUT2D eigenvalue weighted by Gasteiger charge is 2.11. The number of hydrogen-bond acceptors (Lipinski definition) is 4. The molecular weight excluding hydrogens is 362 g/mol. The summed E-state index contributed by atoms with van der Waals surface area (Å²) in [5, 5.41) is 5.51. The van der Waals surface area contributed by atoms with Crippen LogP contribution in [-0.4, -0.2) is 36.9 Å². The van der Waals surface area contributed by atoms with Gasteiger partial charge in [-0.25, -0.2) is 0 Å². The smallest absolute Gasteiger partial charge is 0.238 e. The van der Waals surface area contributed by atoms with Crippen LogP contribution in [0, 0.1) is 0 Å². The lowest BCUT2D eigenvalue weighted by atomic mass is 10.3. The Morgan fingerprint density at radius 2 is 1.83 bits per heavy atom. The highest BCUT2D eigenvalue weighted by molar-refractivity contribution is 9.10. The van der Waals surface area contributed by atoms with E-state index in [4.69, 9.17) is 4.42 Å². The van der Waals surface area contributed by atoms with Crippen LogP contribution in [0.4, 0.5) is 5.69 Å². The highest BCUT2D eigenvalue weighted by atomic mass is 79.9. The largest absolute Gasteiger partial charge is 0.467 e. The number of nitrogens with zero attached hydrogens (tertiary/aromatic N) is 1. The number of benzene rings is 1. The van der Waals surface area contributed by atoms with Crippen LogP contribution in [0.15, 0.2) is 51.6 Å². The summed E-state index contributed by atoms with van der Waals surface area (Å²) in [6, 6.07) is 10.9. The van der Waals surface area contributed by atoms with Crippen LogP contribution in [-0.2, 0) is 16.1 Å². The number of rotatable bonds is 7. The predicted octanol–water partition coefficient (Wildman–Crippen LogP) is 2.23. The van der Waals surface area contributed by atoms with E-state index in [1.165, 1.54) is 0 Å². The number of halogens is 1. The molecule has 0 saturated heterocycles. The molecule has 23 heavy (non-hydrogen) atoms. The zero-order valence-electron chi connectivity index (χ0n) is 12.7. The zero-order valence-corrected chi connectivity index (χ0v) is 14.3. The van der Waals surface area contributed by atoms with Gasteiger partial charge in [0.25, 0.3) is 0 Å². The Labute approximate surface area is 143 Å². The number of carbonyl (C=O) groups excluding carboxylic acids is 2. The molecule has 2 amide bonds. The lowest BCUT2D eigenvalue weighted by molar-refractivity contribution is -0.123. The SMILES string of the molecule is CN(CC(=O)NCc1ccco1)CC(=O)Nc1ccc(Br)cc1. The van der Waals surface area contributed by atoms with E-state index >= 15 is 0 Å². The highest BCUT2D eigenvalue weighted by Crippen LogP contribution is 2.13. The molecule has 1 aromatic heterocycles. The minimum Gasteiger partial charge on any atom is -0.467 e. The van der Waals surface area contributed by atoms with Gasteiger partial charge >= 0.3 is 0 Å². The third kappa shape index (κ3) is 6.25. The van der Waals surface area contributed by atoms with Gasteiger partial charge in [-0.05, 0) is 43.4 Å². The minimum absolute atomic E-state index is 0.129. The molecule has 2 rings (SSSR count). The molecular formula is C16H18BrN3O3. The molecule has 2 aromatic rings. The summed E-state index contributed by atoms with van der Waals surface area (Å²) in [6.45, 7) is 0.601. The Hall–Kier alpha value is -2.12. The average molecular weight is 380 g/mol. The third-order valence-electron chi connectivity index (χ3n) is 2.99. The van der Waals surface area contributed by atoms with Gasteiger partial charge in [-0.2, -0.15) is 0 Å². The molecule has 0 spiro atoms. The molecule has 0 bridgehead atoms. The second kappa shape index (κ2) is 8.50. The van der Waals surface area contributed by atoms with E-state index in [9.17, 15) is 9.59 Å². The van der Waals surface area contributed by atoms with Crippen molar-refractivity contribution >= 4 is 33.4 Å². The van der Waals surface area contributed by atoms with Crippen LogP contribution >= 0.6 is 15.9 Å². The van der Waals surface area contributed by atoms with Gasteiger partial charge < -0.3 is 15.1 Å². The monoisotopic (exact) mass is 379 g/mol. The molecule has 1 heterocycles. The van der Waals surface area contributed by atoms with E-state index in [2.05, 4.69) is 26.6 Å². The number of anilines is 1. The van der Waals surface area contributed by atoms with Crippen LogP contribution in [0.5, 0.6) is 0 Å². The number of amides is 2. The van der Waals surface area contributed by atoms with Crippen LogP contribution in [0.2, 0.25) is 0 Å². The summed E-state index contributed by atoms with van der Waals surface area (Å²) in [4.78, 5) is 25.4. The van der Waals surface area contributed by atoms with Crippen LogP contribution in [0.3, 0.4) is 0 Å². The van der Waals surface area contributed by atoms with Crippen LogP contribution < -0.4 is 10.6 Å². The number of hydrogen-bond donors (Lipinski definition) is 2. The molecule has 0 aliphatic rings. The Balaban J connectivity index is 1.70. The van der Waals surface area contributed by atoms with Gasteiger partial charge in [0, 0.05) is 10.2 Å². The Bertz CT molecular complexity index is 641. The number of nitrogens with one attached hydrogen (secondary N) is 2. The molecule has 0 atom stereocenters. The topological polar surface area (TPSA) is 74.6 Å². The molecule has 1 aromatic carbocycles. The molecule has 0 unspecified atom stereocenters. The van der Waals surface area contributed by atoms with Gasteiger partial charge in [0.05, 0.1) is 25.9 Å². The minimum atomic E-state index is -0.173. The quantitative estimate of drug-likeness (QED) is 0.773. The van der Waals surface area contributed by atoms with Crippen molar-refractivity contribution in [2.24, 2.45) is 0 Å². The number of furan rings is 1. The maximum absolute atomic E-state index is 11.9. The van der Waals surface area contributed by atoms with Gasteiger partial charge in [-0.1, -0.05) is 15.9 Å². The lowest BCUT2D eigenvalue weighted by Gasteiger charge is -2.15. The maximum Gasteiger partial charge on any atom is 0.238 e. The van der Waals surface area contributed by atoms with E-state index in [1.807, 2.05) is 12.1 Å². The molecule has 0 fully saturated rings. The van der Waals surface area contributed by atoms with Gasteiger partial charge in [0.2, 0.25) is 11.8 Å². The van der Waals surface area contributed by atoms with E-state index < -0.39 is 0 Å². The normalized spacial score (nSPS) is 10.6. The predicted molar refractivity (Wildman–Crippen MR) is 90.8 cm³/mol. The summed E-state index contributed by atoms with van der Waals surface area (Å²) < 4.78 is 6.08. The van der Waals surface area contributed by atoms with Crippen LogP contribution in [0.25, 0.3) is 0 Å². The first-order valence-corrected chi connectivity index (χ1v) is 7.85. The van der Waals surface area contributed by atoms with Gasteiger partial charge in [-0.3, -0.25) is 14.5 Å². The second-order valence-electron chi connectivity index (χ2n) is 5.08. The van der Waals surface area contributed by atoms with Crippen molar-refractivity contribution in [2.45, 2.75) is 6.54 Å². The van der Waals surface area contributed by atoms with Gasteiger partial charge in [-0.15, -0.1) is 0 Å². The maximum atomic E-state index is 11.9. The first kappa shape index (κ1) is 17.2. The molecule has 0 aliphatic carbocycles. The molecule has 0 aliphatic heterocycles. The fourth-order valence-corrected chi connectivity index (χ4v) is 2.20. The summed E-state index contributed by atoms with van der Waals surface area (Å²) >= 11 is 3.34. The Morgan fingerprint density at radius 1 is 1.13 bits per heavy atom. The van der Waals surface area contributed by atoms with Crippen molar-refractivity contribution < 1.29 is 14.0 Å². The van der Waals surface area contributed by atoms with Crippen molar-refractivity contribution in [3.8, 4) is 0 Å². The standard InChI is InChI=1S/C16H18BrN3O3/c1-20(10-15(21)18-9-14-3-2-8-23-14)11-16(22)19-13-6-4-12(17)5-7-13/h2-8H,9-11H2,1H3,(H,18,21)(H,19,22). The van der Waals surface area contributed by atoms with Crippen molar-refractivity contribution in [2.75, 3.05) is 25.5 Å². The van der Waals surface area contributed by atoms with E-state index in [0.29, 0.717) is 18.0 Å². The Kier molecular flexibility index (Phi) is 6.37. The first-order chi connectivity index (χ1) is 11.0. The van der Waals surface area contributed by atoms with Crippen LogP contribution in [0.1, 0.15) is 5.76 Å².